The van der Waals surface area contributed by atoms with E-state index in [-0.39, 0.29) is 24.3 Å². The number of carbonyl (C=O) groups excluding carboxylic acids is 2. The number of nitrogens with one attached hydrogen (secondary N) is 2. The second kappa shape index (κ2) is 10.6. The monoisotopic (exact) mass is 395 g/mol. The first-order valence-corrected chi connectivity index (χ1v) is 10.2. The van der Waals surface area contributed by atoms with Crippen molar-refractivity contribution in [2.24, 2.45) is 0 Å². The Kier molecular flexibility index (Phi) is 7.64. The Balaban J connectivity index is 1.49. The zero-order valence-electron chi connectivity index (χ0n) is 16.9. The molecule has 154 valence electrons. The van der Waals surface area contributed by atoms with E-state index in [0.717, 1.165) is 18.8 Å². The third-order valence-corrected chi connectivity index (χ3v) is 5.25. The quantitative estimate of drug-likeness (QED) is 0.685. The summed E-state index contributed by atoms with van der Waals surface area (Å²) in [5.41, 5.74) is 1.77. The number of amides is 2. The van der Waals surface area contributed by atoms with Gasteiger partial charge in [0.05, 0.1) is 13.2 Å². The summed E-state index contributed by atoms with van der Waals surface area (Å²) in [5.74, 6) is 0.606. The molecule has 0 radical (unpaired) electrons. The molecule has 0 saturated carbocycles. The highest BCUT2D eigenvalue weighted by molar-refractivity contribution is 5.94. The summed E-state index contributed by atoms with van der Waals surface area (Å²) in [6.45, 7) is 2.95. The molecule has 6 heteroatoms. The van der Waals surface area contributed by atoms with Crippen molar-refractivity contribution < 1.29 is 14.3 Å². The molecule has 1 aliphatic heterocycles. The van der Waals surface area contributed by atoms with Crippen LogP contribution in [0.4, 0.5) is 0 Å². The second-order valence-corrected chi connectivity index (χ2v) is 7.21. The predicted molar refractivity (Wildman–Crippen MR) is 113 cm³/mol. The molecular formula is C23H29N3O3. The van der Waals surface area contributed by atoms with E-state index >= 15 is 0 Å². The number of carbonyl (C=O) groups is 2. The number of likely N-dealkylation sites (tertiary alicyclic amines) is 1. The molecule has 0 spiro atoms. The van der Waals surface area contributed by atoms with Crippen molar-refractivity contribution in [3.05, 3.63) is 65.7 Å². The molecule has 0 aliphatic carbocycles. The van der Waals surface area contributed by atoms with E-state index in [1.54, 1.807) is 19.2 Å². The van der Waals surface area contributed by atoms with Crippen LogP contribution >= 0.6 is 0 Å². The molecule has 29 heavy (non-hydrogen) atoms. The van der Waals surface area contributed by atoms with E-state index in [2.05, 4.69) is 27.7 Å². The van der Waals surface area contributed by atoms with Crippen LogP contribution in [0.1, 0.15) is 41.2 Å². The Morgan fingerprint density at radius 2 is 1.69 bits per heavy atom. The zero-order chi connectivity index (χ0) is 20.5. The Bertz CT molecular complexity index is 787. The van der Waals surface area contributed by atoms with Gasteiger partial charge in [0.2, 0.25) is 5.91 Å². The molecule has 1 aliphatic rings. The first-order valence-electron chi connectivity index (χ1n) is 10.2. The summed E-state index contributed by atoms with van der Waals surface area (Å²) in [5, 5.41) is 5.83. The lowest BCUT2D eigenvalue weighted by molar-refractivity contribution is -0.121. The Labute approximate surface area is 172 Å². The summed E-state index contributed by atoms with van der Waals surface area (Å²) < 4.78 is 5.25. The van der Waals surface area contributed by atoms with Crippen LogP contribution in [0, 0.1) is 0 Å². The number of benzene rings is 2. The fourth-order valence-corrected chi connectivity index (χ4v) is 3.62. The molecular weight excluding hydrogens is 366 g/mol. The SMILES string of the molecule is COc1ccc([C@H](CNC(=O)CCNC(=O)c2ccccc2)N2CCCC2)cc1. The van der Waals surface area contributed by atoms with Crippen LogP contribution in [0.3, 0.4) is 0 Å². The summed E-state index contributed by atoms with van der Waals surface area (Å²) >= 11 is 0. The summed E-state index contributed by atoms with van der Waals surface area (Å²) in [6, 6.07) is 17.2. The third-order valence-electron chi connectivity index (χ3n) is 5.25. The van der Waals surface area contributed by atoms with Crippen molar-refractivity contribution in [1.82, 2.24) is 15.5 Å². The predicted octanol–water partition coefficient (Wildman–Crippen LogP) is 2.77. The maximum atomic E-state index is 12.3. The van der Waals surface area contributed by atoms with Gasteiger partial charge in [-0.2, -0.15) is 0 Å². The van der Waals surface area contributed by atoms with Gasteiger partial charge in [-0.3, -0.25) is 14.5 Å². The largest absolute Gasteiger partial charge is 0.497 e. The van der Waals surface area contributed by atoms with Crippen LogP contribution in [0.25, 0.3) is 0 Å². The second-order valence-electron chi connectivity index (χ2n) is 7.21. The molecule has 0 bridgehead atoms. The molecule has 1 atom stereocenters. The van der Waals surface area contributed by atoms with Gasteiger partial charge in [-0.05, 0) is 55.8 Å². The van der Waals surface area contributed by atoms with Gasteiger partial charge in [-0.1, -0.05) is 30.3 Å². The van der Waals surface area contributed by atoms with Crippen molar-refractivity contribution >= 4 is 11.8 Å². The Morgan fingerprint density at radius 1 is 1.00 bits per heavy atom. The molecule has 3 rings (SSSR count). The van der Waals surface area contributed by atoms with Crippen molar-refractivity contribution in [3.8, 4) is 5.75 Å². The van der Waals surface area contributed by atoms with E-state index in [1.807, 2.05) is 30.3 Å². The average Bonchev–Trinajstić information content (AvgIpc) is 3.29. The maximum absolute atomic E-state index is 12.3. The summed E-state index contributed by atoms with van der Waals surface area (Å²) in [4.78, 5) is 26.8. The molecule has 6 nitrogen and oxygen atoms in total. The van der Waals surface area contributed by atoms with Gasteiger partial charge < -0.3 is 15.4 Å². The minimum Gasteiger partial charge on any atom is -0.497 e. The molecule has 2 N–H and O–H groups in total. The van der Waals surface area contributed by atoms with Gasteiger partial charge in [0.15, 0.2) is 0 Å². The molecule has 1 saturated heterocycles. The number of hydrogen-bond acceptors (Lipinski definition) is 4. The summed E-state index contributed by atoms with van der Waals surface area (Å²) in [6.07, 6.45) is 2.63. The number of nitrogens with zero attached hydrogens (tertiary/aromatic N) is 1. The molecule has 2 aromatic carbocycles. The van der Waals surface area contributed by atoms with E-state index in [0.29, 0.717) is 18.7 Å². The van der Waals surface area contributed by atoms with Crippen LogP contribution in [-0.4, -0.2) is 50.0 Å². The van der Waals surface area contributed by atoms with Gasteiger partial charge >= 0.3 is 0 Å². The lowest BCUT2D eigenvalue weighted by Crippen LogP contribution is -2.38. The number of hydrogen-bond donors (Lipinski definition) is 2. The Morgan fingerprint density at radius 3 is 2.34 bits per heavy atom. The number of ether oxygens (including phenoxy) is 1. The highest BCUT2D eigenvalue weighted by Crippen LogP contribution is 2.26. The van der Waals surface area contributed by atoms with Gasteiger partial charge in [0, 0.05) is 25.1 Å². The highest BCUT2D eigenvalue weighted by Gasteiger charge is 2.24. The lowest BCUT2D eigenvalue weighted by atomic mass is 10.1. The minimum absolute atomic E-state index is 0.0592. The van der Waals surface area contributed by atoms with E-state index in [4.69, 9.17) is 4.74 Å². The van der Waals surface area contributed by atoms with Crippen LogP contribution < -0.4 is 15.4 Å². The topological polar surface area (TPSA) is 70.7 Å². The first kappa shape index (κ1) is 20.9. The van der Waals surface area contributed by atoms with Crippen LogP contribution in [0.2, 0.25) is 0 Å². The lowest BCUT2D eigenvalue weighted by Gasteiger charge is -2.28. The zero-order valence-corrected chi connectivity index (χ0v) is 16.9. The summed E-state index contributed by atoms with van der Waals surface area (Å²) in [7, 11) is 1.66. The van der Waals surface area contributed by atoms with Crippen LogP contribution in [0.5, 0.6) is 5.75 Å². The van der Waals surface area contributed by atoms with Crippen molar-refractivity contribution in [1.29, 1.82) is 0 Å². The van der Waals surface area contributed by atoms with Crippen molar-refractivity contribution in [2.45, 2.75) is 25.3 Å². The molecule has 1 heterocycles. The molecule has 0 aromatic heterocycles. The van der Waals surface area contributed by atoms with Gasteiger partial charge in [0.25, 0.3) is 5.91 Å². The fraction of sp³-hybridized carbons (Fsp3) is 0.391. The van der Waals surface area contributed by atoms with Gasteiger partial charge in [-0.15, -0.1) is 0 Å². The smallest absolute Gasteiger partial charge is 0.251 e. The molecule has 2 amide bonds. The highest BCUT2D eigenvalue weighted by atomic mass is 16.5. The first-order chi connectivity index (χ1) is 14.2. The van der Waals surface area contributed by atoms with Crippen molar-refractivity contribution in [3.63, 3.8) is 0 Å². The van der Waals surface area contributed by atoms with E-state index in [1.165, 1.54) is 18.4 Å². The van der Waals surface area contributed by atoms with Crippen LogP contribution in [0.15, 0.2) is 54.6 Å². The molecule has 0 unspecified atom stereocenters. The van der Waals surface area contributed by atoms with E-state index in [9.17, 15) is 9.59 Å². The third kappa shape index (κ3) is 6.06. The normalized spacial score (nSPS) is 14.9. The van der Waals surface area contributed by atoms with E-state index < -0.39 is 0 Å². The standard InChI is InChI=1S/C23H29N3O3/c1-29-20-11-9-18(10-12-20)21(26-15-5-6-16-26)17-25-22(27)13-14-24-23(28)19-7-3-2-4-8-19/h2-4,7-12,21H,5-6,13-17H2,1H3,(H,24,28)(H,25,27)/t21-/m0/s1. The van der Waals surface area contributed by atoms with Gasteiger partial charge in [0.1, 0.15) is 5.75 Å². The van der Waals surface area contributed by atoms with Gasteiger partial charge in [-0.25, -0.2) is 0 Å². The average molecular weight is 396 g/mol. The van der Waals surface area contributed by atoms with Crippen molar-refractivity contribution in [2.75, 3.05) is 33.3 Å². The number of rotatable bonds is 9. The maximum Gasteiger partial charge on any atom is 0.251 e. The number of methoxy groups -OCH3 is 1. The fourth-order valence-electron chi connectivity index (χ4n) is 3.62. The minimum atomic E-state index is -0.161. The molecule has 1 fully saturated rings. The van der Waals surface area contributed by atoms with Crippen LogP contribution in [-0.2, 0) is 4.79 Å². The Hall–Kier alpha value is -2.86. The molecule has 2 aromatic rings.